The van der Waals surface area contributed by atoms with Crippen LogP contribution in [0, 0.1) is 6.92 Å². The summed E-state index contributed by atoms with van der Waals surface area (Å²) in [6.07, 6.45) is 3.61. The van der Waals surface area contributed by atoms with Crippen LogP contribution in [0.15, 0.2) is 23.0 Å². The Hall–Kier alpha value is -3.48. The van der Waals surface area contributed by atoms with Gasteiger partial charge in [-0.1, -0.05) is 25.5 Å². The highest BCUT2D eigenvalue weighted by Crippen LogP contribution is 2.23. The van der Waals surface area contributed by atoms with E-state index in [-0.39, 0.29) is 23.5 Å². The lowest BCUT2D eigenvalue weighted by atomic mass is 10.1. The molecule has 1 aromatic carbocycles. The fourth-order valence-corrected chi connectivity index (χ4v) is 5.01. The second-order valence-electron chi connectivity index (χ2n) is 10.4. The maximum Gasteiger partial charge on any atom is 0.327 e. The van der Waals surface area contributed by atoms with Crippen LogP contribution in [-0.4, -0.2) is 87.8 Å². The number of unbranched alkanes of at least 4 members (excludes halogenated alkanes) is 1. The van der Waals surface area contributed by atoms with Gasteiger partial charge in [-0.3, -0.25) is 19.2 Å². The monoisotopic (exact) mass is 569 g/mol. The van der Waals surface area contributed by atoms with E-state index in [0.717, 1.165) is 82.7 Å². The number of nitrogen functional groups attached to an aromatic ring is 1. The molecule has 41 heavy (non-hydrogen) atoms. The zero-order valence-corrected chi connectivity index (χ0v) is 24.5. The van der Waals surface area contributed by atoms with E-state index in [9.17, 15) is 9.59 Å². The topological polar surface area (TPSA) is 141 Å². The van der Waals surface area contributed by atoms with E-state index in [4.69, 9.17) is 19.9 Å². The van der Waals surface area contributed by atoms with Gasteiger partial charge in [-0.25, -0.2) is 4.79 Å². The molecule has 0 aliphatic carbocycles. The van der Waals surface area contributed by atoms with Crippen LogP contribution >= 0.6 is 0 Å². The second-order valence-corrected chi connectivity index (χ2v) is 10.4. The van der Waals surface area contributed by atoms with Gasteiger partial charge in [0.15, 0.2) is 11.5 Å². The number of aromatic amines is 1. The molecule has 3 aromatic rings. The van der Waals surface area contributed by atoms with Crippen molar-refractivity contribution in [1.29, 1.82) is 0 Å². The Balaban J connectivity index is 1.45. The summed E-state index contributed by atoms with van der Waals surface area (Å²) in [5.74, 6) is 0.452. The van der Waals surface area contributed by atoms with Gasteiger partial charge >= 0.3 is 17.7 Å². The summed E-state index contributed by atoms with van der Waals surface area (Å²) in [5.41, 5.74) is 8.79. The molecule has 12 nitrogen and oxygen atoms in total. The normalized spacial score (nSPS) is 14.1. The Morgan fingerprint density at radius 3 is 2.63 bits per heavy atom. The van der Waals surface area contributed by atoms with Crippen molar-refractivity contribution in [1.82, 2.24) is 29.3 Å². The molecule has 0 unspecified atom stereocenters. The molecular formula is C29H43N7O5. The number of aryl methyl sites for hydroxylation is 1. The van der Waals surface area contributed by atoms with Crippen LogP contribution in [0.25, 0.3) is 11.2 Å². The molecule has 0 amide bonds. The maximum atomic E-state index is 12.8. The van der Waals surface area contributed by atoms with Crippen molar-refractivity contribution in [3.8, 4) is 11.8 Å². The van der Waals surface area contributed by atoms with Crippen molar-refractivity contribution in [2.24, 2.45) is 0 Å². The van der Waals surface area contributed by atoms with Gasteiger partial charge in [-0.05, 0) is 56.5 Å². The maximum absolute atomic E-state index is 12.8. The fraction of sp³-hybridized carbons (Fsp3) is 0.586. The van der Waals surface area contributed by atoms with Gasteiger partial charge in [0.2, 0.25) is 0 Å². The third-order valence-electron chi connectivity index (χ3n) is 7.31. The molecule has 4 rings (SSSR count). The number of nitrogens with two attached hydrogens (primary N) is 1. The average molecular weight is 570 g/mol. The predicted octanol–water partition coefficient (Wildman–Crippen LogP) is 2.73. The van der Waals surface area contributed by atoms with Gasteiger partial charge in [0, 0.05) is 39.6 Å². The first-order valence-corrected chi connectivity index (χ1v) is 14.5. The lowest BCUT2D eigenvalue weighted by Crippen LogP contribution is -2.38. The van der Waals surface area contributed by atoms with Crippen LogP contribution < -0.4 is 20.9 Å². The molecule has 0 bridgehead atoms. The number of imidazole rings is 1. The highest BCUT2D eigenvalue weighted by Gasteiger charge is 2.17. The summed E-state index contributed by atoms with van der Waals surface area (Å²) in [5, 5.41) is 0. The average Bonchev–Trinajstić information content (AvgIpc) is 3.26. The molecule has 0 spiro atoms. The standard InChI is InChI=1S/C29H43N7O5/c1-4-5-17-40-28-32-26(30)25-27(33-28)36(29(38)31-25)14-8-13-35(12-7-11-34-15-18-39-19-16-34)20-23-9-6-10-24(21(23)2)41-22(3)37/h6,9-10H,4-5,7-8,11-20H2,1-3H3,(H,31,38)(H2,30,32,33). The van der Waals surface area contributed by atoms with E-state index < -0.39 is 0 Å². The van der Waals surface area contributed by atoms with E-state index in [2.05, 4.69) is 37.7 Å². The molecule has 1 aliphatic heterocycles. The quantitative estimate of drug-likeness (QED) is 0.159. The number of carbonyl (C=O) groups is 1. The molecule has 0 atom stereocenters. The summed E-state index contributed by atoms with van der Waals surface area (Å²) >= 11 is 0. The SMILES string of the molecule is CCCCOc1nc(N)c2[nH]c(=O)n(CCCN(CCCN3CCOCC3)Cc3cccc(OC(C)=O)c3C)c2n1. The molecule has 2 aromatic heterocycles. The number of nitrogens with zero attached hydrogens (tertiary/aromatic N) is 5. The minimum absolute atomic E-state index is 0.184. The van der Waals surface area contributed by atoms with Crippen LogP contribution in [0.5, 0.6) is 11.8 Å². The molecule has 1 saturated heterocycles. The molecule has 1 fully saturated rings. The van der Waals surface area contributed by atoms with E-state index in [0.29, 0.717) is 36.6 Å². The molecule has 0 saturated carbocycles. The van der Waals surface area contributed by atoms with Crippen LogP contribution in [0.2, 0.25) is 0 Å². The van der Waals surface area contributed by atoms with Crippen molar-refractivity contribution in [3.63, 3.8) is 0 Å². The Morgan fingerprint density at radius 2 is 1.90 bits per heavy atom. The minimum atomic E-state index is -0.333. The Labute approximate surface area is 240 Å². The number of ether oxygens (including phenoxy) is 3. The van der Waals surface area contributed by atoms with E-state index >= 15 is 0 Å². The zero-order valence-electron chi connectivity index (χ0n) is 24.5. The first-order valence-electron chi connectivity index (χ1n) is 14.5. The third-order valence-corrected chi connectivity index (χ3v) is 7.31. The molecule has 0 radical (unpaired) electrons. The molecule has 224 valence electrons. The summed E-state index contributed by atoms with van der Waals surface area (Å²) in [6.45, 7) is 13.3. The number of aromatic nitrogens is 4. The number of hydrogen-bond donors (Lipinski definition) is 2. The van der Waals surface area contributed by atoms with Crippen molar-refractivity contribution < 1.29 is 19.0 Å². The lowest BCUT2D eigenvalue weighted by Gasteiger charge is -2.28. The number of H-pyrrole nitrogens is 1. The van der Waals surface area contributed by atoms with Gasteiger partial charge in [0.1, 0.15) is 11.3 Å². The Bertz CT molecular complexity index is 1350. The summed E-state index contributed by atoms with van der Waals surface area (Å²) in [4.78, 5) is 40.7. The van der Waals surface area contributed by atoms with E-state index in [1.807, 2.05) is 19.1 Å². The molecule has 3 heterocycles. The molecule has 12 heteroatoms. The smallest absolute Gasteiger partial charge is 0.327 e. The lowest BCUT2D eigenvalue weighted by molar-refractivity contribution is -0.131. The van der Waals surface area contributed by atoms with Gasteiger partial charge in [0.05, 0.1) is 19.8 Å². The summed E-state index contributed by atoms with van der Waals surface area (Å²) in [6, 6.07) is 5.99. The Morgan fingerprint density at radius 1 is 1.15 bits per heavy atom. The minimum Gasteiger partial charge on any atom is -0.463 e. The number of hydrogen-bond acceptors (Lipinski definition) is 10. The highest BCUT2D eigenvalue weighted by molar-refractivity contribution is 5.81. The number of benzene rings is 1. The van der Waals surface area contributed by atoms with Crippen LogP contribution in [0.3, 0.4) is 0 Å². The molecule has 3 N–H and O–H groups in total. The number of fused-ring (bicyclic) bond motifs is 1. The third kappa shape index (κ3) is 8.51. The fourth-order valence-electron chi connectivity index (χ4n) is 5.01. The van der Waals surface area contributed by atoms with Gasteiger partial charge < -0.3 is 24.9 Å². The van der Waals surface area contributed by atoms with Crippen LogP contribution in [-0.2, 0) is 22.6 Å². The first-order chi connectivity index (χ1) is 19.9. The van der Waals surface area contributed by atoms with Gasteiger partial charge in [-0.2, -0.15) is 9.97 Å². The molecular weight excluding hydrogens is 526 g/mol. The van der Waals surface area contributed by atoms with E-state index in [1.54, 1.807) is 4.57 Å². The van der Waals surface area contributed by atoms with Crippen LogP contribution in [0.4, 0.5) is 5.82 Å². The predicted molar refractivity (Wildman–Crippen MR) is 157 cm³/mol. The second kappa shape index (κ2) is 14.9. The van der Waals surface area contributed by atoms with Crippen molar-refractivity contribution >= 4 is 23.0 Å². The van der Waals surface area contributed by atoms with Gasteiger partial charge in [-0.15, -0.1) is 0 Å². The summed E-state index contributed by atoms with van der Waals surface area (Å²) in [7, 11) is 0. The van der Waals surface area contributed by atoms with Crippen LogP contribution in [0.1, 0.15) is 50.7 Å². The van der Waals surface area contributed by atoms with Crippen molar-refractivity contribution in [2.75, 3.05) is 58.3 Å². The van der Waals surface area contributed by atoms with Gasteiger partial charge in [0.25, 0.3) is 0 Å². The number of anilines is 1. The van der Waals surface area contributed by atoms with E-state index in [1.165, 1.54) is 6.92 Å². The number of morpholine rings is 1. The Kier molecular flexibility index (Phi) is 11.1. The number of rotatable bonds is 15. The molecule has 1 aliphatic rings. The number of nitrogens with one attached hydrogen (secondary N) is 1. The summed E-state index contributed by atoms with van der Waals surface area (Å²) < 4.78 is 18.2. The first kappa shape index (κ1) is 30.5. The number of esters is 1. The van der Waals surface area contributed by atoms with Crippen molar-refractivity contribution in [3.05, 3.63) is 39.8 Å². The largest absolute Gasteiger partial charge is 0.463 e. The zero-order chi connectivity index (χ0) is 29.2. The van der Waals surface area contributed by atoms with Crippen molar-refractivity contribution in [2.45, 2.75) is 59.5 Å². The number of carbonyl (C=O) groups excluding carboxylic acids is 1. The highest BCUT2D eigenvalue weighted by atomic mass is 16.5.